The van der Waals surface area contributed by atoms with Crippen molar-refractivity contribution >= 4 is 5.91 Å². The largest absolute Gasteiger partial charge is 0.384 e. The van der Waals surface area contributed by atoms with Gasteiger partial charge >= 0.3 is 0 Å². The SMILES string of the molecule is COCC1CCN(Cc2ccc(CC(=O)NN)cc2)CC1. The lowest BCUT2D eigenvalue weighted by atomic mass is 9.97. The first-order valence-corrected chi connectivity index (χ1v) is 7.50. The number of hydrogen-bond acceptors (Lipinski definition) is 4. The van der Waals surface area contributed by atoms with Gasteiger partial charge in [-0.15, -0.1) is 0 Å². The van der Waals surface area contributed by atoms with Crippen LogP contribution in [0, 0.1) is 5.92 Å². The van der Waals surface area contributed by atoms with Gasteiger partial charge in [0.1, 0.15) is 0 Å². The molecule has 1 heterocycles. The number of hydrazine groups is 1. The van der Waals surface area contributed by atoms with Crippen molar-refractivity contribution in [2.45, 2.75) is 25.8 Å². The Bertz CT molecular complexity index is 439. The van der Waals surface area contributed by atoms with Crippen molar-refractivity contribution in [3.8, 4) is 0 Å². The predicted molar refractivity (Wildman–Crippen MR) is 82.4 cm³/mol. The summed E-state index contributed by atoms with van der Waals surface area (Å²) in [7, 11) is 1.78. The maximum absolute atomic E-state index is 11.2. The number of methoxy groups -OCH3 is 1. The number of hydrogen-bond donors (Lipinski definition) is 2. The summed E-state index contributed by atoms with van der Waals surface area (Å²) in [5, 5.41) is 0. The third-order valence-electron chi connectivity index (χ3n) is 4.06. The van der Waals surface area contributed by atoms with Gasteiger partial charge in [-0.25, -0.2) is 5.84 Å². The van der Waals surface area contributed by atoms with Gasteiger partial charge in [-0.3, -0.25) is 15.1 Å². The lowest BCUT2D eigenvalue weighted by Crippen LogP contribution is -2.34. The Morgan fingerprint density at radius 2 is 1.90 bits per heavy atom. The van der Waals surface area contributed by atoms with E-state index in [4.69, 9.17) is 10.6 Å². The summed E-state index contributed by atoms with van der Waals surface area (Å²) in [6.07, 6.45) is 2.75. The molecule has 0 aromatic heterocycles. The lowest BCUT2D eigenvalue weighted by molar-refractivity contribution is -0.120. The number of nitrogens with zero attached hydrogens (tertiary/aromatic N) is 1. The van der Waals surface area contributed by atoms with Crippen LogP contribution in [0.2, 0.25) is 0 Å². The molecule has 0 atom stereocenters. The number of benzene rings is 1. The molecule has 1 aromatic carbocycles. The van der Waals surface area contributed by atoms with E-state index >= 15 is 0 Å². The number of likely N-dealkylation sites (tertiary alicyclic amines) is 1. The quantitative estimate of drug-likeness (QED) is 0.467. The average molecular weight is 291 g/mol. The molecule has 21 heavy (non-hydrogen) atoms. The van der Waals surface area contributed by atoms with E-state index in [1.807, 2.05) is 12.1 Å². The number of rotatable bonds is 6. The van der Waals surface area contributed by atoms with Crippen molar-refractivity contribution < 1.29 is 9.53 Å². The molecule has 3 N–H and O–H groups in total. The molecule has 1 saturated heterocycles. The predicted octanol–water partition coefficient (Wildman–Crippen LogP) is 1.08. The van der Waals surface area contributed by atoms with Gasteiger partial charge < -0.3 is 4.74 Å². The second kappa shape index (κ2) is 8.12. The zero-order valence-corrected chi connectivity index (χ0v) is 12.7. The van der Waals surface area contributed by atoms with Gasteiger partial charge in [0.05, 0.1) is 6.42 Å². The van der Waals surface area contributed by atoms with Crippen LogP contribution in [-0.2, 0) is 22.5 Å². The minimum Gasteiger partial charge on any atom is -0.384 e. The van der Waals surface area contributed by atoms with Gasteiger partial charge in [-0.1, -0.05) is 24.3 Å². The number of piperidine rings is 1. The number of carbonyl (C=O) groups is 1. The molecule has 5 nitrogen and oxygen atoms in total. The summed E-state index contributed by atoms with van der Waals surface area (Å²) in [5.41, 5.74) is 4.43. The van der Waals surface area contributed by atoms with Crippen molar-refractivity contribution in [3.63, 3.8) is 0 Å². The van der Waals surface area contributed by atoms with Crippen molar-refractivity contribution in [2.75, 3.05) is 26.8 Å². The van der Waals surface area contributed by atoms with Gasteiger partial charge in [0.15, 0.2) is 0 Å². The normalized spacial score (nSPS) is 16.9. The van der Waals surface area contributed by atoms with Crippen LogP contribution in [0.3, 0.4) is 0 Å². The maximum Gasteiger partial charge on any atom is 0.238 e. The molecule has 0 saturated carbocycles. The molecule has 1 fully saturated rings. The van der Waals surface area contributed by atoms with E-state index in [1.165, 1.54) is 18.4 Å². The molecule has 1 aliphatic heterocycles. The van der Waals surface area contributed by atoms with Crippen LogP contribution in [0.15, 0.2) is 24.3 Å². The van der Waals surface area contributed by atoms with Gasteiger partial charge in [0.2, 0.25) is 5.91 Å². The van der Waals surface area contributed by atoms with Crippen molar-refractivity contribution in [2.24, 2.45) is 11.8 Å². The summed E-state index contributed by atoms with van der Waals surface area (Å²) < 4.78 is 5.23. The van der Waals surface area contributed by atoms with Crippen LogP contribution in [0.5, 0.6) is 0 Å². The van der Waals surface area contributed by atoms with Gasteiger partial charge in [0.25, 0.3) is 0 Å². The molecule has 0 aliphatic carbocycles. The highest BCUT2D eigenvalue weighted by atomic mass is 16.5. The Labute approximate surface area is 126 Å². The van der Waals surface area contributed by atoms with E-state index in [0.29, 0.717) is 12.3 Å². The topological polar surface area (TPSA) is 67.6 Å². The summed E-state index contributed by atoms with van der Waals surface area (Å²) in [4.78, 5) is 13.7. The highest BCUT2D eigenvalue weighted by Gasteiger charge is 2.18. The maximum atomic E-state index is 11.2. The van der Waals surface area contributed by atoms with E-state index in [2.05, 4.69) is 22.5 Å². The Morgan fingerprint density at radius 3 is 2.48 bits per heavy atom. The highest BCUT2D eigenvalue weighted by Crippen LogP contribution is 2.19. The van der Waals surface area contributed by atoms with Crippen molar-refractivity contribution in [1.82, 2.24) is 10.3 Å². The molecule has 2 rings (SSSR count). The molecule has 0 spiro atoms. The Balaban J connectivity index is 1.80. The van der Waals surface area contributed by atoms with E-state index < -0.39 is 0 Å². The van der Waals surface area contributed by atoms with Crippen molar-refractivity contribution in [3.05, 3.63) is 35.4 Å². The lowest BCUT2D eigenvalue weighted by Gasteiger charge is -2.31. The molecule has 0 bridgehead atoms. The first-order chi connectivity index (χ1) is 10.2. The van der Waals surface area contributed by atoms with Crippen molar-refractivity contribution in [1.29, 1.82) is 0 Å². The Hall–Kier alpha value is -1.43. The van der Waals surface area contributed by atoms with Gasteiger partial charge in [-0.05, 0) is 43.0 Å². The van der Waals surface area contributed by atoms with E-state index in [1.54, 1.807) is 7.11 Å². The van der Waals surface area contributed by atoms with Gasteiger partial charge in [-0.2, -0.15) is 0 Å². The minimum atomic E-state index is -0.164. The summed E-state index contributed by atoms with van der Waals surface area (Å²) >= 11 is 0. The molecule has 1 amide bonds. The molecule has 1 aliphatic rings. The third kappa shape index (κ3) is 5.12. The Kier molecular flexibility index (Phi) is 6.17. The highest BCUT2D eigenvalue weighted by molar-refractivity contribution is 5.77. The number of carbonyl (C=O) groups excluding carboxylic acids is 1. The summed E-state index contributed by atoms with van der Waals surface area (Å²) in [5.74, 6) is 5.64. The van der Waals surface area contributed by atoms with Gasteiger partial charge in [0, 0.05) is 20.3 Å². The van der Waals surface area contributed by atoms with Crippen LogP contribution in [0.25, 0.3) is 0 Å². The number of nitrogens with two attached hydrogens (primary N) is 1. The number of nitrogens with one attached hydrogen (secondary N) is 1. The van der Waals surface area contributed by atoms with Crippen LogP contribution in [0.1, 0.15) is 24.0 Å². The first kappa shape index (κ1) is 15.9. The standard InChI is InChI=1S/C16H25N3O2/c1-21-12-15-6-8-19(9-7-15)11-14-4-2-13(3-5-14)10-16(20)18-17/h2-5,15H,6-12,17H2,1H3,(H,18,20). The molecular formula is C16H25N3O2. The zero-order valence-electron chi connectivity index (χ0n) is 12.7. The van der Waals surface area contributed by atoms with Crippen LogP contribution in [-0.4, -0.2) is 37.6 Å². The average Bonchev–Trinajstić information content (AvgIpc) is 2.51. The van der Waals surface area contributed by atoms with Crippen LogP contribution in [0.4, 0.5) is 0 Å². The van der Waals surface area contributed by atoms with E-state index in [-0.39, 0.29) is 5.91 Å². The summed E-state index contributed by atoms with van der Waals surface area (Å²) in [6.45, 7) is 4.12. The fourth-order valence-electron chi connectivity index (χ4n) is 2.80. The fourth-order valence-corrected chi connectivity index (χ4v) is 2.80. The van der Waals surface area contributed by atoms with Crippen LogP contribution < -0.4 is 11.3 Å². The number of ether oxygens (including phenoxy) is 1. The van der Waals surface area contributed by atoms with E-state index in [9.17, 15) is 4.79 Å². The van der Waals surface area contributed by atoms with E-state index in [0.717, 1.165) is 31.8 Å². The number of amides is 1. The Morgan fingerprint density at radius 1 is 1.29 bits per heavy atom. The molecule has 1 aromatic rings. The second-order valence-corrected chi connectivity index (χ2v) is 5.74. The smallest absolute Gasteiger partial charge is 0.238 e. The molecule has 0 radical (unpaired) electrons. The fraction of sp³-hybridized carbons (Fsp3) is 0.562. The molecule has 116 valence electrons. The third-order valence-corrected chi connectivity index (χ3v) is 4.06. The summed E-state index contributed by atoms with van der Waals surface area (Å²) in [6, 6.07) is 8.20. The van der Waals surface area contributed by atoms with Crippen LogP contribution >= 0.6 is 0 Å². The molecular weight excluding hydrogens is 266 g/mol. The minimum absolute atomic E-state index is 0.164. The molecule has 5 heteroatoms. The zero-order chi connectivity index (χ0) is 15.1. The first-order valence-electron chi connectivity index (χ1n) is 7.50. The monoisotopic (exact) mass is 291 g/mol. The second-order valence-electron chi connectivity index (χ2n) is 5.74. The molecule has 0 unspecified atom stereocenters.